The molecule has 0 atom stereocenters. The van der Waals surface area contributed by atoms with Crippen LogP contribution < -0.4 is 5.32 Å². The van der Waals surface area contributed by atoms with Gasteiger partial charge in [0.1, 0.15) is 5.60 Å². The quantitative estimate of drug-likeness (QED) is 0.767. The minimum atomic E-state index is -0.395. The van der Waals surface area contributed by atoms with Crippen LogP contribution in [-0.4, -0.2) is 54.3 Å². The van der Waals surface area contributed by atoms with Crippen molar-refractivity contribution in [2.45, 2.75) is 38.8 Å². The summed E-state index contributed by atoms with van der Waals surface area (Å²) in [5, 5.41) is 3.44. The van der Waals surface area contributed by atoms with Gasteiger partial charge in [-0.3, -0.25) is 0 Å². The van der Waals surface area contributed by atoms with Crippen molar-refractivity contribution in [1.29, 1.82) is 0 Å². The van der Waals surface area contributed by atoms with Crippen molar-refractivity contribution in [3.05, 3.63) is 0 Å². The van der Waals surface area contributed by atoms with Gasteiger partial charge in [-0.05, 0) is 45.7 Å². The van der Waals surface area contributed by atoms with E-state index in [2.05, 4.69) is 11.6 Å². The first-order valence-electron chi connectivity index (χ1n) is 6.12. The molecule has 1 saturated heterocycles. The van der Waals surface area contributed by atoms with Crippen LogP contribution in [0.5, 0.6) is 0 Å². The number of hydrogen-bond acceptors (Lipinski definition) is 4. The lowest BCUT2D eigenvalue weighted by atomic mass is 10.1. The van der Waals surface area contributed by atoms with E-state index in [1.807, 2.05) is 32.5 Å². The first kappa shape index (κ1) is 14.6. The van der Waals surface area contributed by atoms with Gasteiger partial charge in [0.2, 0.25) is 0 Å². The molecular weight excluding hydrogens is 236 g/mol. The Hall–Kier alpha value is -0.420. The van der Waals surface area contributed by atoms with Gasteiger partial charge >= 0.3 is 6.09 Å². The van der Waals surface area contributed by atoms with Gasteiger partial charge in [0, 0.05) is 19.1 Å². The van der Waals surface area contributed by atoms with Gasteiger partial charge in [0.15, 0.2) is 0 Å². The van der Waals surface area contributed by atoms with Crippen LogP contribution in [0.2, 0.25) is 0 Å². The summed E-state index contributed by atoms with van der Waals surface area (Å²) in [6.45, 7) is 8.25. The van der Waals surface area contributed by atoms with Crippen LogP contribution in [0.1, 0.15) is 27.2 Å². The predicted molar refractivity (Wildman–Crippen MR) is 72.6 cm³/mol. The largest absolute Gasteiger partial charge is 0.444 e. The molecular formula is C12H24N2O2S. The standard InChI is InChI=1S/C12H24N2O2S/c1-12(2,3)16-11(15)14-8-10(9-14)13-6-5-7-17-4/h10,13H,5-9H2,1-4H3. The van der Waals surface area contributed by atoms with Crippen LogP contribution in [0.25, 0.3) is 0 Å². The molecule has 0 saturated carbocycles. The lowest BCUT2D eigenvalue weighted by Gasteiger charge is -2.40. The van der Waals surface area contributed by atoms with E-state index in [0.717, 1.165) is 19.6 Å². The molecule has 1 heterocycles. The lowest BCUT2D eigenvalue weighted by molar-refractivity contribution is 0.00541. The third kappa shape index (κ3) is 5.64. The molecule has 0 spiro atoms. The molecule has 0 radical (unpaired) electrons. The van der Waals surface area contributed by atoms with Gasteiger partial charge in [0.05, 0.1) is 0 Å². The fourth-order valence-corrected chi connectivity index (χ4v) is 2.04. The molecule has 100 valence electrons. The van der Waals surface area contributed by atoms with Gasteiger partial charge < -0.3 is 15.0 Å². The maximum Gasteiger partial charge on any atom is 0.410 e. The van der Waals surface area contributed by atoms with Crippen molar-refractivity contribution in [3.63, 3.8) is 0 Å². The monoisotopic (exact) mass is 260 g/mol. The number of thioether (sulfide) groups is 1. The van der Waals surface area contributed by atoms with Crippen molar-refractivity contribution in [3.8, 4) is 0 Å². The number of rotatable bonds is 5. The summed E-state index contributed by atoms with van der Waals surface area (Å²) in [6, 6.07) is 0.448. The van der Waals surface area contributed by atoms with E-state index in [9.17, 15) is 4.79 Å². The summed E-state index contributed by atoms with van der Waals surface area (Å²) in [4.78, 5) is 13.4. The molecule has 4 nitrogen and oxygen atoms in total. The van der Waals surface area contributed by atoms with Crippen molar-refractivity contribution < 1.29 is 9.53 Å². The lowest BCUT2D eigenvalue weighted by Crippen LogP contribution is -2.60. The van der Waals surface area contributed by atoms with E-state index in [0.29, 0.717) is 6.04 Å². The summed E-state index contributed by atoms with van der Waals surface area (Å²) >= 11 is 1.87. The second-order valence-electron chi connectivity index (χ2n) is 5.38. The molecule has 5 heteroatoms. The smallest absolute Gasteiger partial charge is 0.410 e. The van der Waals surface area contributed by atoms with E-state index < -0.39 is 5.60 Å². The number of likely N-dealkylation sites (tertiary alicyclic amines) is 1. The second kappa shape index (κ2) is 6.50. The zero-order chi connectivity index (χ0) is 12.9. The summed E-state index contributed by atoms with van der Waals surface area (Å²) in [5.74, 6) is 1.19. The zero-order valence-corrected chi connectivity index (χ0v) is 12.1. The Morgan fingerprint density at radius 2 is 2.12 bits per heavy atom. The Kier molecular flexibility index (Phi) is 5.59. The number of amides is 1. The summed E-state index contributed by atoms with van der Waals surface area (Å²) < 4.78 is 5.29. The molecule has 1 amide bonds. The molecule has 1 rings (SSSR count). The SMILES string of the molecule is CSCCCNC1CN(C(=O)OC(C)(C)C)C1. The van der Waals surface area contributed by atoms with Gasteiger partial charge in [-0.2, -0.15) is 11.8 Å². The normalized spacial score (nSPS) is 16.8. The Bertz CT molecular complexity index is 247. The number of carbonyl (C=O) groups excluding carboxylic acids is 1. The molecule has 0 bridgehead atoms. The molecule has 0 unspecified atom stereocenters. The fraction of sp³-hybridized carbons (Fsp3) is 0.917. The Balaban J connectivity index is 2.08. The number of nitrogens with zero attached hydrogens (tertiary/aromatic N) is 1. The van der Waals surface area contributed by atoms with Crippen molar-refractivity contribution >= 4 is 17.9 Å². The minimum absolute atomic E-state index is 0.195. The molecule has 0 aromatic heterocycles. The van der Waals surface area contributed by atoms with Crippen LogP contribution in [0.3, 0.4) is 0 Å². The van der Waals surface area contributed by atoms with E-state index in [-0.39, 0.29) is 6.09 Å². The highest BCUT2D eigenvalue weighted by atomic mass is 32.2. The zero-order valence-electron chi connectivity index (χ0n) is 11.3. The van der Waals surface area contributed by atoms with Crippen LogP contribution in [-0.2, 0) is 4.74 Å². The average molecular weight is 260 g/mol. The van der Waals surface area contributed by atoms with Crippen LogP contribution in [0, 0.1) is 0 Å². The summed E-state index contributed by atoms with van der Waals surface area (Å²) in [5.41, 5.74) is -0.395. The van der Waals surface area contributed by atoms with E-state index in [1.165, 1.54) is 12.2 Å². The molecule has 17 heavy (non-hydrogen) atoms. The van der Waals surface area contributed by atoms with Gasteiger partial charge in [-0.15, -0.1) is 0 Å². The highest BCUT2D eigenvalue weighted by molar-refractivity contribution is 7.98. The number of hydrogen-bond donors (Lipinski definition) is 1. The van der Waals surface area contributed by atoms with Crippen LogP contribution >= 0.6 is 11.8 Å². The van der Waals surface area contributed by atoms with Crippen LogP contribution in [0.4, 0.5) is 4.79 Å². The Labute approximate surface area is 108 Å². The first-order valence-corrected chi connectivity index (χ1v) is 7.52. The molecule has 0 aliphatic carbocycles. The summed E-state index contributed by atoms with van der Waals surface area (Å²) in [6.07, 6.45) is 3.11. The fourth-order valence-electron chi connectivity index (χ4n) is 1.61. The van der Waals surface area contributed by atoms with Crippen molar-refractivity contribution in [1.82, 2.24) is 10.2 Å². The van der Waals surface area contributed by atoms with Crippen molar-refractivity contribution in [2.24, 2.45) is 0 Å². The van der Waals surface area contributed by atoms with Crippen LogP contribution in [0.15, 0.2) is 0 Å². The third-order valence-corrected chi connectivity index (χ3v) is 3.19. The maximum atomic E-state index is 11.6. The molecule has 1 N–H and O–H groups in total. The predicted octanol–water partition coefficient (Wildman–Crippen LogP) is 1.95. The molecule has 1 fully saturated rings. The second-order valence-corrected chi connectivity index (χ2v) is 6.37. The van der Waals surface area contributed by atoms with Gasteiger partial charge in [-0.1, -0.05) is 0 Å². The minimum Gasteiger partial charge on any atom is -0.444 e. The Morgan fingerprint density at radius 3 is 2.65 bits per heavy atom. The first-order chi connectivity index (χ1) is 7.92. The van der Waals surface area contributed by atoms with E-state index in [4.69, 9.17) is 4.74 Å². The third-order valence-electron chi connectivity index (χ3n) is 2.49. The maximum absolute atomic E-state index is 11.6. The molecule has 1 aliphatic heterocycles. The molecule has 0 aromatic rings. The summed E-state index contributed by atoms with van der Waals surface area (Å²) in [7, 11) is 0. The van der Waals surface area contributed by atoms with E-state index in [1.54, 1.807) is 4.90 Å². The highest BCUT2D eigenvalue weighted by Gasteiger charge is 2.32. The Morgan fingerprint density at radius 1 is 1.47 bits per heavy atom. The van der Waals surface area contributed by atoms with Crippen molar-refractivity contribution in [2.75, 3.05) is 31.6 Å². The number of nitrogens with one attached hydrogen (secondary N) is 1. The molecule has 0 aromatic carbocycles. The number of carbonyl (C=O) groups is 1. The topological polar surface area (TPSA) is 41.6 Å². The van der Waals surface area contributed by atoms with Gasteiger partial charge in [-0.25, -0.2) is 4.79 Å². The average Bonchev–Trinajstić information content (AvgIpc) is 2.11. The van der Waals surface area contributed by atoms with E-state index >= 15 is 0 Å². The van der Waals surface area contributed by atoms with Gasteiger partial charge in [0.25, 0.3) is 0 Å². The number of ether oxygens (including phenoxy) is 1. The molecule has 1 aliphatic rings. The highest BCUT2D eigenvalue weighted by Crippen LogP contribution is 2.15.